The topological polar surface area (TPSA) is 13.0 Å². The number of likely N-dealkylation sites (tertiary alicyclic amines) is 2. The first kappa shape index (κ1) is 27.9. The highest BCUT2D eigenvalue weighted by Crippen LogP contribution is 2.19. The van der Waals surface area contributed by atoms with Crippen LogP contribution in [0.1, 0.15) is 80.1 Å². The first-order valence-electron chi connectivity index (χ1n) is 13.5. The second kappa shape index (κ2) is 17.4. The predicted molar refractivity (Wildman–Crippen MR) is 134 cm³/mol. The average Bonchev–Trinajstić information content (AvgIpc) is 2.85. The van der Waals surface area contributed by atoms with Gasteiger partial charge in [-0.05, 0) is 89.9 Å². The van der Waals surface area contributed by atoms with Crippen molar-refractivity contribution in [2.75, 3.05) is 78.5 Å². The molecule has 0 aromatic rings. The highest BCUT2D eigenvalue weighted by molar-refractivity contribution is 4.71. The Morgan fingerprint density at radius 2 is 0.633 bits per heavy atom. The summed E-state index contributed by atoms with van der Waals surface area (Å²) < 4.78 is 0. The molecule has 3 heterocycles. The number of piperazine rings is 1. The molecule has 0 spiro atoms. The minimum absolute atomic E-state index is 1.03. The number of piperidine rings is 2. The van der Waals surface area contributed by atoms with Gasteiger partial charge in [0.25, 0.3) is 0 Å². The molecule has 0 bridgehead atoms. The second-order valence-corrected chi connectivity index (χ2v) is 9.44. The lowest BCUT2D eigenvalue weighted by molar-refractivity contribution is 0.142. The van der Waals surface area contributed by atoms with Crippen LogP contribution in [0, 0.1) is 11.8 Å². The van der Waals surface area contributed by atoms with E-state index >= 15 is 0 Å². The lowest BCUT2D eigenvalue weighted by atomic mass is 9.95. The highest BCUT2D eigenvalue weighted by atomic mass is 15.2. The third kappa shape index (κ3) is 11.5. The highest BCUT2D eigenvalue weighted by Gasteiger charge is 2.16. The minimum atomic E-state index is 1.03. The fourth-order valence-electron chi connectivity index (χ4n) is 4.84. The Hall–Kier alpha value is -0.160. The van der Waals surface area contributed by atoms with Gasteiger partial charge in [0.2, 0.25) is 0 Å². The maximum Gasteiger partial charge on any atom is 0.0110 e. The second-order valence-electron chi connectivity index (χ2n) is 9.44. The quantitative estimate of drug-likeness (QED) is 0.601. The summed E-state index contributed by atoms with van der Waals surface area (Å²) in [6.07, 6.45) is 8.51. The Bertz CT molecular complexity index is 272. The molecule has 3 aliphatic rings. The van der Waals surface area contributed by atoms with Gasteiger partial charge in [-0.3, -0.25) is 0 Å². The van der Waals surface area contributed by atoms with Crippen molar-refractivity contribution in [1.82, 2.24) is 19.6 Å². The van der Waals surface area contributed by atoms with Crippen LogP contribution in [0.5, 0.6) is 0 Å². The zero-order valence-electron chi connectivity index (χ0n) is 21.7. The lowest BCUT2D eigenvalue weighted by Crippen LogP contribution is -2.45. The Morgan fingerprint density at radius 1 is 0.400 bits per heavy atom. The summed E-state index contributed by atoms with van der Waals surface area (Å²) in [7, 11) is 0. The number of rotatable bonds is 6. The molecule has 4 heteroatoms. The van der Waals surface area contributed by atoms with E-state index in [4.69, 9.17) is 0 Å². The van der Waals surface area contributed by atoms with E-state index in [1.807, 2.05) is 0 Å². The SMILES string of the molecule is CCC1CCN(CC)CC1.CCC1CCN(CC)CC1.CCN1CCN(CC)CC1. The van der Waals surface area contributed by atoms with E-state index < -0.39 is 0 Å². The summed E-state index contributed by atoms with van der Waals surface area (Å²) >= 11 is 0. The van der Waals surface area contributed by atoms with Crippen molar-refractivity contribution in [3.63, 3.8) is 0 Å². The third-order valence-corrected chi connectivity index (χ3v) is 7.82. The first-order chi connectivity index (χ1) is 14.6. The molecule has 3 aliphatic heterocycles. The van der Waals surface area contributed by atoms with Gasteiger partial charge in [-0.1, -0.05) is 54.4 Å². The van der Waals surface area contributed by atoms with Crippen LogP contribution < -0.4 is 0 Å². The third-order valence-electron chi connectivity index (χ3n) is 7.82. The van der Waals surface area contributed by atoms with Crippen LogP contribution in [0.4, 0.5) is 0 Å². The Kier molecular flexibility index (Phi) is 16.2. The van der Waals surface area contributed by atoms with Crippen LogP contribution in [0.25, 0.3) is 0 Å². The molecule has 0 aromatic heterocycles. The van der Waals surface area contributed by atoms with E-state index in [0.29, 0.717) is 0 Å². The predicted octanol–water partition coefficient (Wildman–Crippen LogP) is 4.90. The molecular formula is C26H56N4. The van der Waals surface area contributed by atoms with Gasteiger partial charge in [0.05, 0.1) is 0 Å². The van der Waals surface area contributed by atoms with E-state index in [-0.39, 0.29) is 0 Å². The van der Waals surface area contributed by atoms with Crippen molar-refractivity contribution in [3.8, 4) is 0 Å². The lowest BCUT2D eigenvalue weighted by Gasteiger charge is -2.33. The Labute approximate surface area is 190 Å². The fourth-order valence-corrected chi connectivity index (χ4v) is 4.84. The summed E-state index contributed by atoms with van der Waals surface area (Å²) in [5, 5.41) is 0. The monoisotopic (exact) mass is 424 g/mol. The molecule has 0 atom stereocenters. The molecule has 3 rings (SSSR count). The molecular weight excluding hydrogens is 368 g/mol. The van der Waals surface area contributed by atoms with E-state index in [0.717, 1.165) is 11.8 Å². The van der Waals surface area contributed by atoms with Crippen LogP contribution in [0.3, 0.4) is 0 Å². The molecule has 0 saturated carbocycles. The molecule has 0 N–H and O–H groups in total. The van der Waals surface area contributed by atoms with Gasteiger partial charge in [-0.2, -0.15) is 0 Å². The summed E-state index contributed by atoms with van der Waals surface area (Å²) in [6, 6.07) is 0. The molecule has 0 amide bonds. The largest absolute Gasteiger partial charge is 0.304 e. The summed E-state index contributed by atoms with van der Waals surface area (Å²) in [5.74, 6) is 2.06. The minimum Gasteiger partial charge on any atom is -0.304 e. The zero-order valence-corrected chi connectivity index (χ0v) is 21.7. The average molecular weight is 425 g/mol. The van der Waals surface area contributed by atoms with Gasteiger partial charge in [0, 0.05) is 26.2 Å². The summed E-state index contributed by atoms with van der Waals surface area (Å²) in [4.78, 5) is 10.1. The van der Waals surface area contributed by atoms with E-state index in [9.17, 15) is 0 Å². The van der Waals surface area contributed by atoms with Gasteiger partial charge in [0.1, 0.15) is 0 Å². The molecule has 0 aromatic carbocycles. The first-order valence-corrected chi connectivity index (χ1v) is 13.5. The number of likely N-dealkylation sites (N-methyl/N-ethyl adjacent to an activating group) is 2. The van der Waals surface area contributed by atoms with Crippen molar-refractivity contribution < 1.29 is 0 Å². The van der Waals surface area contributed by atoms with E-state index in [2.05, 4.69) is 61.1 Å². The van der Waals surface area contributed by atoms with Crippen LogP contribution in [0.2, 0.25) is 0 Å². The Morgan fingerprint density at radius 3 is 0.833 bits per heavy atom. The Balaban J connectivity index is 0.000000225. The summed E-state index contributed by atoms with van der Waals surface area (Å²) in [5.41, 5.74) is 0. The van der Waals surface area contributed by atoms with Gasteiger partial charge in [-0.25, -0.2) is 0 Å². The van der Waals surface area contributed by atoms with Crippen molar-refractivity contribution in [2.45, 2.75) is 80.1 Å². The van der Waals surface area contributed by atoms with Gasteiger partial charge in [0.15, 0.2) is 0 Å². The van der Waals surface area contributed by atoms with Gasteiger partial charge >= 0.3 is 0 Å². The summed E-state index contributed by atoms with van der Waals surface area (Å²) in [6.45, 7) is 29.0. The van der Waals surface area contributed by atoms with Crippen molar-refractivity contribution in [2.24, 2.45) is 11.8 Å². The molecule has 0 aliphatic carbocycles. The zero-order chi connectivity index (χ0) is 22.2. The molecule has 4 nitrogen and oxygen atoms in total. The van der Waals surface area contributed by atoms with Crippen LogP contribution in [-0.2, 0) is 0 Å². The molecule has 0 unspecified atom stereocenters. The number of hydrogen-bond acceptors (Lipinski definition) is 4. The van der Waals surface area contributed by atoms with Crippen molar-refractivity contribution in [1.29, 1.82) is 0 Å². The van der Waals surface area contributed by atoms with E-state index in [1.165, 1.54) is 117 Å². The van der Waals surface area contributed by atoms with Crippen molar-refractivity contribution >= 4 is 0 Å². The molecule has 0 radical (unpaired) electrons. The fraction of sp³-hybridized carbons (Fsp3) is 1.00. The molecule has 180 valence electrons. The molecule has 3 fully saturated rings. The van der Waals surface area contributed by atoms with Gasteiger partial charge in [-0.15, -0.1) is 0 Å². The number of nitrogens with zero attached hydrogens (tertiary/aromatic N) is 4. The van der Waals surface area contributed by atoms with E-state index in [1.54, 1.807) is 0 Å². The maximum absolute atomic E-state index is 2.55. The molecule has 30 heavy (non-hydrogen) atoms. The smallest absolute Gasteiger partial charge is 0.0110 e. The van der Waals surface area contributed by atoms with Crippen LogP contribution in [0.15, 0.2) is 0 Å². The van der Waals surface area contributed by atoms with Crippen LogP contribution >= 0.6 is 0 Å². The van der Waals surface area contributed by atoms with Crippen molar-refractivity contribution in [3.05, 3.63) is 0 Å². The standard InChI is InChI=1S/2C9H19N.C8H18N2/c3*1-3-9-5-7-10(4-2)8-6-9/h2*9H,3-8H2,1-2H3;3-8H2,1-2H3. The normalized spacial score (nSPS) is 23.4. The van der Waals surface area contributed by atoms with Gasteiger partial charge < -0.3 is 19.6 Å². The molecule has 3 saturated heterocycles. The van der Waals surface area contributed by atoms with Crippen LogP contribution in [-0.4, -0.2) is 98.1 Å². The number of hydrogen-bond donors (Lipinski definition) is 0. The maximum atomic E-state index is 2.55.